The van der Waals surface area contributed by atoms with Crippen LogP contribution in [0.3, 0.4) is 0 Å². The minimum Gasteiger partial charge on any atom is -0.493 e. The number of halogens is 3. The highest BCUT2D eigenvalue weighted by Crippen LogP contribution is 2.34. The Bertz CT molecular complexity index is 1540. The van der Waals surface area contributed by atoms with Crippen LogP contribution < -0.4 is 8.92 Å². The lowest BCUT2D eigenvalue weighted by atomic mass is 10.1. The van der Waals surface area contributed by atoms with Crippen LogP contribution in [0.4, 0.5) is 18.9 Å². The Morgan fingerprint density at radius 2 is 1.73 bits per heavy atom. The molecule has 3 rings (SSSR count). The molecule has 3 aromatic carbocycles. The molecule has 0 N–H and O–H groups in total. The second kappa shape index (κ2) is 12.9. The number of nitro groups is 1. The lowest BCUT2D eigenvalue weighted by Crippen LogP contribution is -2.32. The maximum absolute atomic E-state index is 13.1. The van der Waals surface area contributed by atoms with E-state index in [1.165, 1.54) is 60.6 Å². The predicted molar refractivity (Wildman–Crippen MR) is 145 cm³/mol. The molecule has 3 aromatic rings. The van der Waals surface area contributed by atoms with Crippen molar-refractivity contribution >= 4 is 27.8 Å². The highest BCUT2D eigenvalue weighted by molar-refractivity contribution is 7.87. The third-order valence-corrected chi connectivity index (χ3v) is 6.90. The van der Waals surface area contributed by atoms with Crippen molar-refractivity contribution in [3.8, 4) is 11.5 Å². The van der Waals surface area contributed by atoms with Gasteiger partial charge >= 0.3 is 16.3 Å². The zero-order valence-corrected chi connectivity index (χ0v) is 23.1. The minimum atomic E-state index is -4.75. The standard InChI is InChI=1S/C28H27F3N2O7S/c1-19(2)17-32(27(34)14-10-20-7-11-23(12-8-20)33(35)36)18-21-9-13-25(39-3)26(15-21)40-41(37,38)24-6-4-5-22(16-24)28(29,30)31/h4-16,19H,17-18H2,1-3H3. The first-order chi connectivity index (χ1) is 19.2. The first-order valence-corrected chi connectivity index (χ1v) is 13.6. The summed E-state index contributed by atoms with van der Waals surface area (Å²) in [5.41, 5.74) is -0.179. The Labute approximate surface area is 235 Å². The summed E-state index contributed by atoms with van der Waals surface area (Å²) in [5.74, 6) is -0.543. The van der Waals surface area contributed by atoms with E-state index in [9.17, 15) is 36.5 Å². The van der Waals surface area contributed by atoms with E-state index in [1.807, 2.05) is 13.8 Å². The first-order valence-electron chi connectivity index (χ1n) is 12.2. The van der Waals surface area contributed by atoms with Crippen LogP contribution in [0.5, 0.6) is 11.5 Å². The largest absolute Gasteiger partial charge is 0.493 e. The maximum atomic E-state index is 13.1. The van der Waals surface area contributed by atoms with E-state index in [0.717, 1.165) is 18.2 Å². The zero-order chi connectivity index (χ0) is 30.4. The second-order valence-corrected chi connectivity index (χ2v) is 10.9. The van der Waals surface area contributed by atoms with Crippen LogP contribution >= 0.6 is 0 Å². The smallest absolute Gasteiger partial charge is 0.416 e. The summed E-state index contributed by atoms with van der Waals surface area (Å²) in [6.07, 6.45) is -1.91. The first kappa shape index (κ1) is 31.1. The summed E-state index contributed by atoms with van der Waals surface area (Å²) < 4.78 is 75.4. The van der Waals surface area contributed by atoms with Crippen LogP contribution in [0.15, 0.2) is 77.7 Å². The number of methoxy groups -OCH3 is 1. The maximum Gasteiger partial charge on any atom is 0.416 e. The highest BCUT2D eigenvalue weighted by atomic mass is 32.2. The quantitative estimate of drug-likeness (QED) is 0.115. The van der Waals surface area contributed by atoms with Gasteiger partial charge in [-0.05, 0) is 65.6 Å². The SMILES string of the molecule is COc1ccc(CN(CC(C)C)C(=O)C=Cc2ccc([N+](=O)[O-])cc2)cc1OS(=O)(=O)c1cccc(C(F)(F)F)c1. The van der Waals surface area contributed by atoms with Gasteiger partial charge in [-0.2, -0.15) is 21.6 Å². The summed E-state index contributed by atoms with van der Waals surface area (Å²) in [7, 11) is -3.40. The Morgan fingerprint density at radius 3 is 2.32 bits per heavy atom. The summed E-state index contributed by atoms with van der Waals surface area (Å²) in [5, 5.41) is 10.8. The van der Waals surface area contributed by atoms with Gasteiger partial charge in [-0.1, -0.05) is 26.0 Å². The molecule has 1 amide bonds. The minimum absolute atomic E-state index is 0.0177. The van der Waals surface area contributed by atoms with Crippen LogP contribution in [0, 0.1) is 16.0 Å². The number of nitro benzene ring substituents is 1. The molecule has 218 valence electrons. The van der Waals surface area contributed by atoms with Gasteiger partial charge in [0.2, 0.25) is 5.91 Å². The number of rotatable bonds is 11. The Morgan fingerprint density at radius 1 is 1.05 bits per heavy atom. The van der Waals surface area contributed by atoms with E-state index in [0.29, 0.717) is 23.7 Å². The second-order valence-electron chi connectivity index (χ2n) is 9.34. The van der Waals surface area contributed by atoms with Gasteiger partial charge in [0.1, 0.15) is 4.90 Å². The molecule has 0 heterocycles. The van der Waals surface area contributed by atoms with Gasteiger partial charge in [0.15, 0.2) is 11.5 Å². The van der Waals surface area contributed by atoms with E-state index in [4.69, 9.17) is 8.92 Å². The van der Waals surface area contributed by atoms with Gasteiger partial charge < -0.3 is 13.8 Å². The van der Waals surface area contributed by atoms with E-state index in [-0.39, 0.29) is 35.6 Å². The molecule has 0 spiro atoms. The van der Waals surface area contributed by atoms with Gasteiger partial charge in [-0.25, -0.2) is 0 Å². The molecule has 13 heteroatoms. The summed E-state index contributed by atoms with van der Waals surface area (Å²) in [4.78, 5) is 24.2. The fourth-order valence-corrected chi connectivity index (χ4v) is 4.73. The highest BCUT2D eigenvalue weighted by Gasteiger charge is 2.32. The number of benzene rings is 3. The van der Waals surface area contributed by atoms with Crippen LogP contribution in [0.1, 0.15) is 30.5 Å². The number of hydrogen-bond donors (Lipinski definition) is 0. The van der Waals surface area contributed by atoms with Crippen molar-refractivity contribution in [2.24, 2.45) is 5.92 Å². The van der Waals surface area contributed by atoms with Crippen molar-refractivity contribution in [1.82, 2.24) is 4.90 Å². The number of amides is 1. The zero-order valence-electron chi connectivity index (χ0n) is 22.3. The molecule has 0 bridgehead atoms. The van der Waals surface area contributed by atoms with Gasteiger partial charge in [-0.3, -0.25) is 14.9 Å². The summed E-state index contributed by atoms with van der Waals surface area (Å²) in [6, 6.07) is 13.2. The molecule has 0 saturated heterocycles. The van der Waals surface area contributed by atoms with Crippen molar-refractivity contribution in [1.29, 1.82) is 0 Å². The number of alkyl halides is 3. The molecule has 0 aliphatic rings. The van der Waals surface area contributed by atoms with Crippen LogP contribution in [0.25, 0.3) is 6.08 Å². The number of non-ortho nitro benzene ring substituents is 1. The molecule has 0 saturated carbocycles. The third-order valence-electron chi connectivity index (χ3n) is 5.67. The lowest BCUT2D eigenvalue weighted by molar-refractivity contribution is -0.384. The fraction of sp³-hybridized carbons (Fsp3) is 0.250. The molecule has 41 heavy (non-hydrogen) atoms. The predicted octanol–water partition coefficient (Wildman–Crippen LogP) is 6.09. The average molecular weight is 593 g/mol. The van der Waals surface area contributed by atoms with Gasteiger partial charge in [0.25, 0.3) is 5.69 Å². The topological polar surface area (TPSA) is 116 Å². The lowest BCUT2D eigenvalue weighted by Gasteiger charge is -2.24. The molecule has 0 radical (unpaired) electrons. The van der Waals surface area contributed by atoms with E-state index < -0.39 is 31.7 Å². The van der Waals surface area contributed by atoms with Crippen LogP contribution in [-0.4, -0.2) is 37.8 Å². The summed E-state index contributed by atoms with van der Waals surface area (Å²) in [6.45, 7) is 4.20. The van der Waals surface area contributed by atoms with Crippen molar-refractivity contribution < 1.29 is 40.2 Å². The molecular weight excluding hydrogens is 565 g/mol. The molecule has 0 unspecified atom stereocenters. The van der Waals surface area contributed by atoms with Crippen molar-refractivity contribution in [2.75, 3.05) is 13.7 Å². The Balaban J connectivity index is 1.85. The van der Waals surface area contributed by atoms with E-state index in [2.05, 4.69) is 0 Å². The molecule has 0 atom stereocenters. The molecule has 9 nitrogen and oxygen atoms in total. The molecule has 0 aliphatic carbocycles. The number of ether oxygens (including phenoxy) is 1. The van der Waals surface area contributed by atoms with E-state index in [1.54, 1.807) is 6.07 Å². The third kappa shape index (κ3) is 8.55. The number of carbonyl (C=O) groups is 1. The normalized spacial score (nSPS) is 12.0. The number of hydrogen-bond acceptors (Lipinski definition) is 7. The van der Waals surface area contributed by atoms with Crippen molar-refractivity contribution in [2.45, 2.75) is 31.5 Å². The number of nitrogens with zero attached hydrogens (tertiary/aromatic N) is 2. The monoisotopic (exact) mass is 592 g/mol. The van der Waals surface area contributed by atoms with Gasteiger partial charge in [0, 0.05) is 31.3 Å². The van der Waals surface area contributed by atoms with Gasteiger partial charge in [0.05, 0.1) is 17.6 Å². The van der Waals surface area contributed by atoms with Crippen LogP contribution in [0.2, 0.25) is 0 Å². The molecule has 0 fully saturated rings. The average Bonchev–Trinajstić information content (AvgIpc) is 2.91. The Hall–Kier alpha value is -4.39. The van der Waals surface area contributed by atoms with E-state index >= 15 is 0 Å². The van der Waals surface area contributed by atoms with Crippen molar-refractivity contribution in [3.63, 3.8) is 0 Å². The van der Waals surface area contributed by atoms with Crippen LogP contribution in [-0.2, 0) is 27.6 Å². The summed E-state index contributed by atoms with van der Waals surface area (Å²) >= 11 is 0. The molecule has 0 aromatic heterocycles. The fourth-order valence-electron chi connectivity index (χ4n) is 3.75. The number of carbonyl (C=O) groups excluding carboxylic acids is 1. The molecular formula is C28H27F3N2O7S. The van der Waals surface area contributed by atoms with Gasteiger partial charge in [-0.15, -0.1) is 0 Å². The molecule has 0 aliphatic heterocycles. The Kier molecular flexibility index (Phi) is 9.76. The van der Waals surface area contributed by atoms with Crippen molar-refractivity contribution in [3.05, 3.63) is 99.6 Å².